The van der Waals surface area contributed by atoms with Crippen LogP contribution in [-0.2, 0) is 9.53 Å². The Morgan fingerprint density at radius 1 is 1.50 bits per heavy atom. The zero-order valence-electron chi connectivity index (χ0n) is 7.91. The number of hydrogen-bond acceptors (Lipinski definition) is 2. The lowest BCUT2D eigenvalue weighted by molar-refractivity contribution is -0.155. The molecule has 1 saturated carbocycles. The molecule has 1 aliphatic carbocycles. The van der Waals surface area contributed by atoms with Gasteiger partial charge in [0.2, 0.25) is 0 Å². The summed E-state index contributed by atoms with van der Waals surface area (Å²) in [6.07, 6.45) is 1.21. The van der Waals surface area contributed by atoms with Crippen LogP contribution in [0.25, 0.3) is 0 Å². The Labute approximate surface area is 73.3 Å². The molecule has 1 heterocycles. The van der Waals surface area contributed by atoms with Crippen LogP contribution in [0.4, 0.5) is 0 Å². The molecule has 2 aliphatic rings. The summed E-state index contributed by atoms with van der Waals surface area (Å²) in [5.41, 5.74) is 0. The van der Waals surface area contributed by atoms with Crippen LogP contribution >= 0.6 is 0 Å². The van der Waals surface area contributed by atoms with Crippen molar-refractivity contribution in [2.24, 2.45) is 23.7 Å². The fourth-order valence-electron chi connectivity index (χ4n) is 2.94. The molecule has 1 saturated heterocycles. The van der Waals surface area contributed by atoms with Crippen molar-refractivity contribution in [3.05, 3.63) is 0 Å². The Hall–Kier alpha value is -0.530. The van der Waals surface area contributed by atoms with E-state index in [1.54, 1.807) is 0 Å². The summed E-state index contributed by atoms with van der Waals surface area (Å²) in [7, 11) is 0. The number of carbonyl (C=O) groups is 1. The van der Waals surface area contributed by atoms with E-state index in [0.717, 1.165) is 6.42 Å². The van der Waals surface area contributed by atoms with Crippen molar-refractivity contribution in [3.63, 3.8) is 0 Å². The molecule has 0 aromatic rings. The maximum atomic E-state index is 11.2. The highest BCUT2D eigenvalue weighted by Gasteiger charge is 2.53. The molecule has 2 nitrogen and oxygen atoms in total. The first-order chi connectivity index (χ1) is 5.61. The zero-order chi connectivity index (χ0) is 8.88. The number of carbonyl (C=O) groups excluding carboxylic acids is 1. The summed E-state index contributed by atoms with van der Waals surface area (Å²) in [5.74, 6) is 2.04. The minimum absolute atomic E-state index is 0.0457. The number of esters is 1. The number of fused-ring (bicyclic) bond motifs is 2. The molecule has 2 bridgehead atoms. The highest BCUT2D eigenvalue weighted by molar-refractivity contribution is 5.76. The van der Waals surface area contributed by atoms with Gasteiger partial charge in [-0.15, -0.1) is 0 Å². The predicted octanol–water partition coefficient (Wildman–Crippen LogP) is 1.84. The van der Waals surface area contributed by atoms with E-state index in [1.165, 1.54) is 0 Å². The highest BCUT2D eigenvalue weighted by Crippen LogP contribution is 2.48. The molecule has 2 heteroatoms. The Morgan fingerprint density at radius 3 is 2.58 bits per heavy atom. The van der Waals surface area contributed by atoms with E-state index in [0.29, 0.717) is 17.8 Å². The van der Waals surface area contributed by atoms with Crippen molar-refractivity contribution in [1.82, 2.24) is 0 Å². The van der Waals surface area contributed by atoms with Gasteiger partial charge >= 0.3 is 5.97 Å². The lowest BCUT2D eigenvalue weighted by atomic mass is 9.82. The molecule has 2 rings (SSSR count). The molecule has 0 aromatic heterocycles. The number of rotatable bonds is 1. The summed E-state index contributed by atoms with van der Waals surface area (Å²) in [4.78, 5) is 11.2. The van der Waals surface area contributed by atoms with E-state index in [-0.39, 0.29) is 18.0 Å². The first kappa shape index (κ1) is 8.09. The van der Waals surface area contributed by atoms with Crippen molar-refractivity contribution in [2.75, 3.05) is 0 Å². The second kappa shape index (κ2) is 2.48. The highest BCUT2D eigenvalue weighted by atomic mass is 16.6. The van der Waals surface area contributed by atoms with Gasteiger partial charge in [-0.25, -0.2) is 0 Å². The summed E-state index contributed by atoms with van der Waals surface area (Å²) in [6.45, 7) is 6.63. The van der Waals surface area contributed by atoms with Crippen LogP contribution in [0.2, 0.25) is 0 Å². The molecule has 0 N–H and O–H groups in total. The third-order valence-corrected chi connectivity index (χ3v) is 3.50. The summed E-state index contributed by atoms with van der Waals surface area (Å²) < 4.78 is 5.27. The summed E-state index contributed by atoms with van der Waals surface area (Å²) >= 11 is 0. The normalized spacial score (nSPS) is 45.5. The Bertz CT molecular complexity index is 208. The van der Waals surface area contributed by atoms with Crippen molar-refractivity contribution in [3.8, 4) is 0 Å². The largest absolute Gasteiger partial charge is 0.462 e. The lowest BCUT2D eigenvalue weighted by Crippen LogP contribution is -2.33. The molecular formula is C10H16O2. The van der Waals surface area contributed by atoms with E-state index in [4.69, 9.17) is 4.74 Å². The maximum Gasteiger partial charge on any atom is 0.309 e. The average molecular weight is 168 g/mol. The van der Waals surface area contributed by atoms with Crippen LogP contribution in [0, 0.1) is 23.7 Å². The van der Waals surface area contributed by atoms with Gasteiger partial charge in [-0.2, -0.15) is 0 Å². The van der Waals surface area contributed by atoms with Crippen LogP contribution in [0.15, 0.2) is 0 Å². The van der Waals surface area contributed by atoms with Crippen molar-refractivity contribution >= 4 is 5.97 Å². The van der Waals surface area contributed by atoms with E-state index >= 15 is 0 Å². The van der Waals surface area contributed by atoms with Gasteiger partial charge in [0, 0.05) is 5.92 Å². The van der Waals surface area contributed by atoms with Crippen molar-refractivity contribution < 1.29 is 9.53 Å². The molecule has 0 amide bonds. The van der Waals surface area contributed by atoms with Crippen LogP contribution in [0.1, 0.15) is 27.2 Å². The van der Waals surface area contributed by atoms with E-state index in [1.807, 2.05) is 0 Å². The summed E-state index contributed by atoms with van der Waals surface area (Å²) in [6, 6.07) is 0. The molecule has 4 atom stereocenters. The SMILES string of the molecule is CC(C)C1C2CC(C(=O)O2)C1C. The zero-order valence-corrected chi connectivity index (χ0v) is 7.91. The molecule has 12 heavy (non-hydrogen) atoms. The van der Waals surface area contributed by atoms with Gasteiger partial charge in [0.25, 0.3) is 0 Å². The predicted molar refractivity (Wildman–Crippen MR) is 45.5 cm³/mol. The van der Waals surface area contributed by atoms with Gasteiger partial charge in [-0.3, -0.25) is 4.79 Å². The van der Waals surface area contributed by atoms with Crippen LogP contribution in [0.3, 0.4) is 0 Å². The molecule has 0 spiro atoms. The van der Waals surface area contributed by atoms with Gasteiger partial charge in [0.15, 0.2) is 0 Å². The van der Waals surface area contributed by atoms with Crippen LogP contribution in [-0.4, -0.2) is 12.1 Å². The smallest absolute Gasteiger partial charge is 0.309 e. The fraction of sp³-hybridized carbons (Fsp3) is 0.900. The van der Waals surface area contributed by atoms with E-state index in [2.05, 4.69) is 20.8 Å². The standard InChI is InChI=1S/C10H16O2/c1-5(2)9-6(3)7-4-8(9)12-10(7)11/h5-9H,4H2,1-3H3. The Morgan fingerprint density at radius 2 is 2.17 bits per heavy atom. The Balaban J connectivity index is 2.18. The van der Waals surface area contributed by atoms with Gasteiger partial charge in [-0.1, -0.05) is 20.8 Å². The first-order valence-electron chi connectivity index (χ1n) is 4.81. The second-order valence-corrected chi connectivity index (χ2v) is 4.50. The molecule has 68 valence electrons. The fourth-order valence-corrected chi connectivity index (χ4v) is 2.94. The minimum atomic E-state index is 0.0457. The second-order valence-electron chi connectivity index (χ2n) is 4.50. The van der Waals surface area contributed by atoms with Gasteiger partial charge in [0.05, 0.1) is 5.92 Å². The monoisotopic (exact) mass is 168 g/mol. The Kier molecular flexibility index (Phi) is 1.67. The molecule has 0 radical (unpaired) electrons. The minimum Gasteiger partial charge on any atom is -0.462 e. The van der Waals surface area contributed by atoms with Crippen molar-refractivity contribution in [1.29, 1.82) is 0 Å². The molecule has 4 unspecified atom stereocenters. The topological polar surface area (TPSA) is 26.3 Å². The van der Waals surface area contributed by atoms with Crippen LogP contribution in [0.5, 0.6) is 0 Å². The summed E-state index contributed by atoms with van der Waals surface area (Å²) in [5, 5.41) is 0. The third-order valence-electron chi connectivity index (χ3n) is 3.50. The first-order valence-corrected chi connectivity index (χ1v) is 4.81. The van der Waals surface area contributed by atoms with E-state index in [9.17, 15) is 4.79 Å². The third kappa shape index (κ3) is 0.900. The lowest BCUT2D eigenvalue weighted by Gasteiger charge is -2.30. The molecule has 0 aromatic carbocycles. The quantitative estimate of drug-likeness (QED) is 0.558. The van der Waals surface area contributed by atoms with Crippen LogP contribution < -0.4 is 0 Å². The van der Waals surface area contributed by atoms with E-state index < -0.39 is 0 Å². The maximum absolute atomic E-state index is 11.2. The average Bonchev–Trinajstić information content (AvgIpc) is 2.42. The molecule has 1 aliphatic heterocycles. The van der Waals surface area contributed by atoms with Gasteiger partial charge < -0.3 is 4.74 Å². The number of hydrogen-bond donors (Lipinski definition) is 0. The van der Waals surface area contributed by atoms with Gasteiger partial charge in [0.1, 0.15) is 6.10 Å². The van der Waals surface area contributed by atoms with Crippen molar-refractivity contribution in [2.45, 2.75) is 33.3 Å². The molecule has 2 fully saturated rings. The van der Waals surface area contributed by atoms with Gasteiger partial charge in [-0.05, 0) is 18.3 Å². The molecular weight excluding hydrogens is 152 g/mol. The number of ether oxygens (including phenoxy) is 1.